The molecule has 7 heteroatoms. The second kappa shape index (κ2) is 3.27. The maximum Gasteiger partial charge on any atom is 0.250 e. The Kier molecular flexibility index (Phi) is 2.34. The van der Waals surface area contributed by atoms with Crippen LogP contribution in [0.25, 0.3) is 0 Å². The summed E-state index contributed by atoms with van der Waals surface area (Å²) in [5, 5.41) is 7.87. The van der Waals surface area contributed by atoms with Crippen molar-refractivity contribution in [2.45, 2.75) is 17.2 Å². The fraction of sp³-hybridized carbons (Fsp3) is 0.429. The highest BCUT2D eigenvalue weighted by Gasteiger charge is 2.26. The minimum Gasteiger partial charge on any atom is -0.312 e. The summed E-state index contributed by atoms with van der Waals surface area (Å²) in [6.45, 7) is 1.13. The number of nitrogens with two attached hydrogens (primary N) is 1. The number of rotatable bonds is 1. The molecule has 0 aromatic carbocycles. The molecule has 0 atom stereocenters. The molecule has 0 radical (unpaired) electrons. The van der Waals surface area contributed by atoms with Crippen molar-refractivity contribution in [2.75, 3.05) is 6.54 Å². The lowest BCUT2D eigenvalue weighted by molar-refractivity contribution is 0.550. The fourth-order valence-electron chi connectivity index (χ4n) is 1.44. The first-order chi connectivity index (χ1) is 6.50. The van der Waals surface area contributed by atoms with Crippen molar-refractivity contribution in [3.05, 3.63) is 16.3 Å². The van der Waals surface area contributed by atoms with Gasteiger partial charge in [0.15, 0.2) is 10.0 Å². The summed E-state index contributed by atoms with van der Waals surface area (Å²) in [5.41, 5.74) is 0.449. The van der Waals surface area contributed by atoms with Gasteiger partial charge < -0.3 is 5.32 Å². The van der Waals surface area contributed by atoms with E-state index in [0.717, 1.165) is 22.8 Å². The van der Waals surface area contributed by atoms with Gasteiger partial charge in [-0.1, -0.05) is 0 Å². The van der Waals surface area contributed by atoms with Crippen molar-refractivity contribution in [2.24, 2.45) is 5.14 Å². The molecule has 14 heavy (non-hydrogen) atoms. The highest BCUT2D eigenvalue weighted by atomic mass is 32.2. The van der Waals surface area contributed by atoms with Crippen molar-refractivity contribution in [3.63, 3.8) is 0 Å². The highest BCUT2D eigenvalue weighted by molar-refractivity contribution is 7.91. The first-order valence-corrected chi connectivity index (χ1v) is 6.40. The minimum absolute atomic E-state index is 0.341. The molecular formula is C7H9FN2O2S2. The first kappa shape index (κ1) is 10.0. The Morgan fingerprint density at radius 2 is 2.21 bits per heavy atom. The predicted octanol–water partition coefficient (Wildman–Crippen LogP) is 0.180. The topological polar surface area (TPSA) is 72.2 Å². The van der Waals surface area contributed by atoms with Gasteiger partial charge in [-0.05, 0) is 6.42 Å². The molecule has 0 unspecified atom stereocenters. The molecule has 0 saturated carbocycles. The van der Waals surface area contributed by atoms with Crippen LogP contribution in [0.15, 0.2) is 4.21 Å². The van der Waals surface area contributed by atoms with E-state index in [2.05, 4.69) is 5.32 Å². The third-order valence-corrected chi connectivity index (χ3v) is 4.79. The third-order valence-electron chi connectivity index (χ3n) is 2.09. The van der Waals surface area contributed by atoms with Gasteiger partial charge in [0.1, 0.15) is 0 Å². The first-order valence-electron chi connectivity index (χ1n) is 4.03. The van der Waals surface area contributed by atoms with Crippen LogP contribution >= 0.6 is 11.3 Å². The molecule has 1 aliphatic rings. The summed E-state index contributed by atoms with van der Waals surface area (Å²) in [4.78, 5) is 0.783. The van der Waals surface area contributed by atoms with E-state index in [-0.39, 0.29) is 4.21 Å². The molecule has 1 aromatic rings. The lowest BCUT2D eigenvalue weighted by Gasteiger charge is -2.11. The second-order valence-corrected chi connectivity index (χ2v) is 5.94. The number of fused-ring (bicyclic) bond motifs is 1. The molecule has 1 aliphatic heterocycles. The van der Waals surface area contributed by atoms with E-state index in [9.17, 15) is 12.8 Å². The molecule has 3 N–H and O–H groups in total. The summed E-state index contributed by atoms with van der Waals surface area (Å²) in [6, 6.07) is 0. The van der Waals surface area contributed by atoms with Gasteiger partial charge in [0, 0.05) is 23.5 Å². The zero-order chi connectivity index (χ0) is 10.3. The molecule has 0 fully saturated rings. The van der Waals surface area contributed by atoms with Gasteiger partial charge in [-0.15, -0.1) is 11.3 Å². The van der Waals surface area contributed by atoms with Gasteiger partial charge in [-0.3, -0.25) is 0 Å². The number of nitrogens with one attached hydrogen (secondary N) is 1. The zero-order valence-corrected chi connectivity index (χ0v) is 8.84. The van der Waals surface area contributed by atoms with E-state index < -0.39 is 15.8 Å². The number of sulfonamides is 1. The van der Waals surface area contributed by atoms with Crippen molar-refractivity contribution in [1.82, 2.24) is 5.32 Å². The number of hydrogen-bond donors (Lipinski definition) is 2. The predicted molar refractivity (Wildman–Crippen MR) is 51.1 cm³/mol. The Morgan fingerprint density at radius 1 is 1.50 bits per heavy atom. The molecular weight excluding hydrogens is 227 g/mol. The molecule has 2 heterocycles. The van der Waals surface area contributed by atoms with E-state index in [4.69, 9.17) is 5.14 Å². The van der Waals surface area contributed by atoms with Gasteiger partial charge >= 0.3 is 0 Å². The van der Waals surface area contributed by atoms with Crippen LogP contribution in [0.2, 0.25) is 0 Å². The maximum atomic E-state index is 13.5. The van der Waals surface area contributed by atoms with Crippen LogP contribution in [0, 0.1) is 5.82 Å². The quantitative estimate of drug-likeness (QED) is 0.730. The molecule has 4 nitrogen and oxygen atoms in total. The summed E-state index contributed by atoms with van der Waals surface area (Å²) in [7, 11) is -3.91. The average molecular weight is 236 g/mol. The van der Waals surface area contributed by atoms with E-state index in [1.165, 1.54) is 0 Å². The number of halogens is 1. The molecule has 0 amide bonds. The summed E-state index contributed by atoms with van der Waals surface area (Å²) < 4.78 is 35.2. The van der Waals surface area contributed by atoms with E-state index in [1.54, 1.807) is 0 Å². The van der Waals surface area contributed by atoms with E-state index in [1.807, 2.05) is 0 Å². The van der Waals surface area contributed by atoms with Crippen molar-refractivity contribution in [1.29, 1.82) is 0 Å². The van der Waals surface area contributed by atoms with Crippen LogP contribution in [0.1, 0.15) is 10.4 Å². The van der Waals surface area contributed by atoms with Crippen molar-refractivity contribution in [3.8, 4) is 0 Å². The molecule has 0 bridgehead atoms. The number of hydrogen-bond acceptors (Lipinski definition) is 4. The van der Waals surface area contributed by atoms with E-state index in [0.29, 0.717) is 18.5 Å². The van der Waals surface area contributed by atoms with Gasteiger partial charge in [0.2, 0.25) is 0 Å². The Labute approximate surface area is 85.0 Å². The van der Waals surface area contributed by atoms with Crippen LogP contribution in [0.4, 0.5) is 4.39 Å². The molecule has 1 aromatic heterocycles. The van der Waals surface area contributed by atoms with Gasteiger partial charge in [0.05, 0.1) is 0 Å². The third kappa shape index (κ3) is 1.56. The summed E-state index contributed by atoms with van der Waals surface area (Å²) in [5.74, 6) is -0.681. The largest absolute Gasteiger partial charge is 0.312 e. The second-order valence-electron chi connectivity index (χ2n) is 3.08. The standard InChI is InChI=1S/C7H9FN2O2S2/c8-6-4-3-10-2-1-5(4)13-7(6)14(9,11)12/h10H,1-3H2,(H2,9,11,12). The van der Waals surface area contributed by atoms with Crippen LogP contribution in [0.5, 0.6) is 0 Å². The minimum atomic E-state index is -3.91. The molecule has 78 valence electrons. The smallest absolute Gasteiger partial charge is 0.250 e. The molecule has 0 spiro atoms. The lowest BCUT2D eigenvalue weighted by Crippen LogP contribution is -2.22. The van der Waals surface area contributed by atoms with Crippen LogP contribution in [-0.2, 0) is 23.0 Å². The summed E-state index contributed by atoms with van der Waals surface area (Å²) in [6.07, 6.45) is 0.659. The van der Waals surface area contributed by atoms with Gasteiger partial charge in [0.25, 0.3) is 10.0 Å². The Balaban J connectivity index is 2.60. The lowest BCUT2D eigenvalue weighted by atomic mass is 10.1. The van der Waals surface area contributed by atoms with Crippen LogP contribution in [0.3, 0.4) is 0 Å². The molecule has 0 aliphatic carbocycles. The molecule has 2 rings (SSSR count). The number of primary sulfonamides is 1. The highest BCUT2D eigenvalue weighted by Crippen LogP contribution is 2.31. The zero-order valence-electron chi connectivity index (χ0n) is 7.21. The van der Waals surface area contributed by atoms with E-state index >= 15 is 0 Å². The normalized spacial score (nSPS) is 16.7. The number of thiophene rings is 1. The van der Waals surface area contributed by atoms with Crippen molar-refractivity contribution >= 4 is 21.4 Å². The SMILES string of the molecule is NS(=O)(=O)c1sc2c(c1F)CNCC2. The maximum absolute atomic E-state index is 13.5. The fourth-order valence-corrected chi connectivity index (χ4v) is 3.51. The summed E-state index contributed by atoms with van der Waals surface area (Å²) >= 11 is 0.941. The Morgan fingerprint density at radius 3 is 2.79 bits per heavy atom. The average Bonchev–Trinajstić information content (AvgIpc) is 2.44. The molecule has 0 saturated heterocycles. The van der Waals surface area contributed by atoms with Gasteiger partial charge in [-0.2, -0.15) is 0 Å². The van der Waals surface area contributed by atoms with Crippen LogP contribution < -0.4 is 10.5 Å². The Hall–Kier alpha value is -0.500. The van der Waals surface area contributed by atoms with Gasteiger partial charge in [-0.25, -0.2) is 17.9 Å². The van der Waals surface area contributed by atoms with Crippen LogP contribution in [-0.4, -0.2) is 15.0 Å². The van der Waals surface area contributed by atoms with Crippen molar-refractivity contribution < 1.29 is 12.8 Å². The monoisotopic (exact) mass is 236 g/mol. The Bertz CT molecular complexity index is 466.